The summed E-state index contributed by atoms with van der Waals surface area (Å²) in [5, 5.41) is 9.17. The molecule has 1 aromatic rings. The van der Waals surface area contributed by atoms with Gasteiger partial charge in [-0.25, -0.2) is 4.79 Å². The summed E-state index contributed by atoms with van der Waals surface area (Å²) in [7, 11) is 0. The van der Waals surface area contributed by atoms with E-state index in [4.69, 9.17) is 10.8 Å². The van der Waals surface area contributed by atoms with E-state index >= 15 is 0 Å². The topological polar surface area (TPSA) is 66.6 Å². The Hall–Kier alpha value is -1.71. The van der Waals surface area contributed by atoms with E-state index in [0.717, 1.165) is 18.7 Å². The average Bonchev–Trinajstić information content (AvgIpc) is 2.64. The van der Waals surface area contributed by atoms with Crippen molar-refractivity contribution in [2.45, 2.75) is 45.1 Å². The number of anilines is 2. The summed E-state index contributed by atoms with van der Waals surface area (Å²) < 4.78 is 0. The molecule has 0 spiro atoms. The lowest BCUT2D eigenvalue weighted by Crippen LogP contribution is -2.34. The maximum Gasteiger partial charge on any atom is 0.337 e. The number of carboxylic acid groups (broad SMARTS) is 1. The van der Waals surface area contributed by atoms with Gasteiger partial charge in [0.15, 0.2) is 0 Å². The number of benzene rings is 1. The molecule has 1 atom stereocenters. The number of aromatic carboxylic acids is 1. The molecule has 1 heterocycles. The van der Waals surface area contributed by atoms with Crippen LogP contribution < -0.4 is 10.6 Å². The van der Waals surface area contributed by atoms with E-state index in [9.17, 15) is 4.79 Å². The number of carboxylic acids is 1. The number of hydrogen-bond donors (Lipinski definition) is 2. The largest absolute Gasteiger partial charge is 0.478 e. The van der Waals surface area contributed by atoms with Crippen LogP contribution in [0.2, 0.25) is 0 Å². The van der Waals surface area contributed by atoms with Crippen molar-refractivity contribution in [2.24, 2.45) is 0 Å². The van der Waals surface area contributed by atoms with Crippen molar-refractivity contribution >= 4 is 17.3 Å². The lowest BCUT2D eigenvalue weighted by atomic mass is 10.1. The Morgan fingerprint density at radius 3 is 2.89 bits per heavy atom. The Morgan fingerprint density at radius 2 is 2.21 bits per heavy atom. The molecule has 1 aliphatic heterocycles. The zero-order valence-electron chi connectivity index (χ0n) is 11.4. The van der Waals surface area contributed by atoms with Crippen molar-refractivity contribution in [1.29, 1.82) is 0 Å². The van der Waals surface area contributed by atoms with Gasteiger partial charge in [0, 0.05) is 24.0 Å². The molecule has 1 saturated heterocycles. The van der Waals surface area contributed by atoms with Gasteiger partial charge in [0.05, 0.1) is 5.56 Å². The molecular formula is C15H22N2O2. The first-order valence-corrected chi connectivity index (χ1v) is 7.03. The van der Waals surface area contributed by atoms with Crippen LogP contribution in [0.15, 0.2) is 18.2 Å². The van der Waals surface area contributed by atoms with Crippen LogP contribution in [0.1, 0.15) is 49.4 Å². The van der Waals surface area contributed by atoms with E-state index < -0.39 is 5.97 Å². The Kier molecular flexibility index (Phi) is 4.30. The summed E-state index contributed by atoms with van der Waals surface area (Å²) in [6.45, 7) is 3.19. The summed E-state index contributed by atoms with van der Waals surface area (Å²) in [5.74, 6) is -0.956. The van der Waals surface area contributed by atoms with Gasteiger partial charge >= 0.3 is 5.97 Å². The van der Waals surface area contributed by atoms with Crippen LogP contribution in [0, 0.1) is 0 Å². The number of rotatable bonds is 3. The summed E-state index contributed by atoms with van der Waals surface area (Å²) in [4.78, 5) is 13.5. The van der Waals surface area contributed by atoms with Gasteiger partial charge in [0.1, 0.15) is 0 Å². The second-order valence-corrected chi connectivity index (χ2v) is 5.18. The molecule has 3 N–H and O–H groups in total. The zero-order valence-corrected chi connectivity index (χ0v) is 11.4. The minimum Gasteiger partial charge on any atom is -0.478 e. The monoisotopic (exact) mass is 262 g/mol. The molecule has 4 heteroatoms. The molecule has 2 rings (SSSR count). The van der Waals surface area contributed by atoms with Gasteiger partial charge in [-0.1, -0.05) is 19.8 Å². The first-order chi connectivity index (χ1) is 9.13. The Bertz CT molecular complexity index is 459. The van der Waals surface area contributed by atoms with Gasteiger partial charge in [-0.05, 0) is 37.5 Å². The van der Waals surface area contributed by atoms with Crippen LogP contribution >= 0.6 is 0 Å². The fourth-order valence-corrected chi connectivity index (χ4v) is 2.85. The number of carbonyl (C=O) groups is 1. The van der Waals surface area contributed by atoms with Crippen molar-refractivity contribution in [1.82, 2.24) is 0 Å². The zero-order chi connectivity index (χ0) is 13.8. The predicted octanol–water partition coefficient (Wildman–Crippen LogP) is 3.13. The number of nitrogens with two attached hydrogens (primary N) is 1. The predicted molar refractivity (Wildman–Crippen MR) is 77.7 cm³/mol. The molecule has 1 aromatic carbocycles. The van der Waals surface area contributed by atoms with Gasteiger partial charge in [-0.2, -0.15) is 0 Å². The lowest BCUT2D eigenvalue weighted by molar-refractivity contribution is 0.0698. The first-order valence-electron chi connectivity index (χ1n) is 7.03. The van der Waals surface area contributed by atoms with E-state index in [1.807, 2.05) is 6.07 Å². The van der Waals surface area contributed by atoms with Gasteiger partial charge in [-0.3, -0.25) is 0 Å². The van der Waals surface area contributed by atoms with Gasteiger partial charge < -0.3 is 15.7 Å². The fraction of sp³-hybridized carbons (Fsp3) is 0.533. The van der Waals surface area contributed by atoms with Crippen molar-refractivity contribution in [2.75, 3.05) is 17.2 Å². The first kappa shape index (κ1) is 13.7. The number of hydrogen-bond acceptors (Lipinski definition) is 3. The summed E-state index contributed by atoms with van der Waals surface area (Å²) in [5.41, 5.74) is 7.24. The molecule has 0 amide bonds. The van der Waals surface area contributed by atoms with Crippen LogP contribution in [-0.2, 0) is 0 Å². The highest BCUT2D eigenvalue weighted by Gasteiger charge is 2.21. The van der Waals surface area contributed by atoms with Crippen LogP contribution in [0.5, 0.6) is 0 Å². The molecule has 104 valence electrons. The molecule has 0 bridgehead atoms. The quantitative estimate of drug-likeness (QED) is 0.821. The highest BCUT2D eigenvalue weighted by molar-refractivity contribution is 5.94. The van der Waals surface area contributed by atoms with Crippen LogP contribution in [0.3, 0.4) is 0 Å². The molecule has 0 aliphatic carbocycles. The van der Waals surface area contributed by atoms with Gasteiger partial charge in [0.25, 0.3) is 0 Å². The third kappa shape index (κ3) is 3.00. The highest BCUT2D eigenvalue weighted by atomic mass is 16.4. The second kappa shape index (κ2) is 5.95. The van der Waals surface area contributed by atoms with E-state index in [1.54, 1.807) is 12.1 Å². The molecule has 1 unspecified atom stereocenters. The maximum absolute atomic E-state index is 11.2. The van der Waals surface area contributed by atoms with E-state index in [1.165, 1.54) is 25.7 Å². The Morgan fingerprint density at radius 1 is 1.42 bits per heavy atom. The normalized spacial score (nSPS) is 20.1. The third-order valence-electron chi connectivity index (χ3n) is 3.95. The molecule has 0 saturated carbocycles. The molecular weight excluding hydrogens is 240 g/mol. The molecule has 19 heavy (non-hydrogen) atoms. The number of nitrogens with zero attached hydrogens (tertiary/aromatic N) is 1. The minimum atomic E-state index is -0.956. The van der Waals surface area contributed by atoms with E-state index in [0.29, 0.717) is 11.7 Å². The smallest absolute Gasteiger partial charge is 0.337 e. The lowest BCUT2D eigenvalue weighted by Gasteiger charge is -2.31. The minimum absolute atomic E-state index is 0.205. The molecule has 4 nitrogen and oxygen atoms in total. The second-order valence-electron chi connectivity index (χ2n) is 5.18. The van der Waals surface area contributed by atoms with Crippen LogP contribution in [-0.4, -0.2) is 23.7 Å². The fourth-order valence-electron chi connectivity index (χ4n) is 2.85. The highest BCUT2D eigenvalue weighted by Crippen LogP contribution is 2.28. The van der Waals surface area contributed by atoms with Crippen LogP contribution in [0.4, 0.5) is 11.4 Å². The standard InChI is InChI=1S/C15H22N2O2/c1-2-11-6-4-3-5-9-17(11)12-7-8-14(16)13(10-12)15(18)19/h7-8,10-11H,2-6,9,16H2,1H3,(H,18,19). The van der Waals surface area contributed by atoms with E-state index in [-0.39, 0.29) is 5.56 Å². The molecule has 0 aromatic heterocycles. The van der Waals surface area contributed by atoms with Crippen molar-refractivity contribution in [3.63, 3.8) is 0 Å². The summed E-state index contributed by atoms with van der Waals surface area (Å²) in [6, 6.07) is 5.87. The van der Waals surface area contributed by atoms with Crippen molar-refractivity contribution in [3.05, 3.63) is 23.8 Å². The third-order valence-corrected chi connectivity index (χ3v) is 3.95. The Labute approximate surface area is 114 Å². The summed E-state index contributed by atoms with van der Waals surface area (Å²) in [6.07, 6.45) is 5.96. The van der Waals surface area contributed by atoms with Crippen molar-refractivity contribution < 1.29 is 9.90 Å². The maximum atomic E-state index is 11.2. The molecule has 1 aliphatic rings. The van der Waals surface area contributed by atoms with Gasteiger partial charge in [0.2, 0.25) is 0 Å². The average molecular weight is 262 g/mol. The van der Waals surface area contributed by atoms with Crippen molar-refractivity contribution in [3.8, 4) is 0 Å². The van der Waals surface area contributed by atoms with Crippen LogP contribution in [0.25, 0.3) is 0 Å². The number of nitrogen functional groups attached to an aromatic ring is 1. The SMILES string of the molecule is CCC1CCCCCN1c1ccc(N)c(C(=O)O)c1. The Balaban J connectivity index is 2.33. The molecule has 0 radical (unpaired) electrons. The molecule has 1 fully saturated rings. The summed E-state index contributed by atoms with van der Waals surface area (Å²) >= 11 is 0. The van der Waals surface area contributed by atoms with Gasteiger partial charge in [-0.15, -0.1) is 0 Å². The van der Waals surface area contributed by atoms with E-state index in [2.05, 4.69) is 11.8 Å².